The van der Waals surface area contributed by atoms with E-state index in [1.807, 2.05) is 0 Å². The minimum absolute atomic E-state index is 0.106. The molecule has 1 rings (SSSR count). The van der Waals surface area contributed by atoms with Crippen LogP contribution in [0.2, 0.25) is 0 Å². The maximum Gasteiger partial charge on any atom is 0.312 e. The maximum atomic E-state index is 11.1. The van der Waals surface area contributed by atoms with Crippen LogP contribution in [0.4, 0.5) is 11.4 Å². The van der Waals surface area contributed by atoms with Crippen molar-refractivity contribution in [2.24, 2.45) is 10.9 Å². The SMILES string of the molecule is O=C(O)CCC(C[P+](O)(O)C=Nc1cccc([N+](=O)[O-])c1)C(=O)O. The first-order valence-electron chi connectivity index (χ1n) is 6.68. The van der Waals surface area contributed by atoms with E-state index in [9.17, 15) is 29.5 Å². The van der Waals surface area contributed by atoms with Gasteiger partial charge in [-0.3, -0.25) is 19.7 Å². The summed E-state index contributed by atoms with van der Waals surface area (Å²) >= 11 is 0. The van der Waals surface area contributed by atoms with Gasteiger partial charge in [0.25, 0.3) is 5.69 Å². The van der Waals surface area contributed by atoms with Gasteiger partial charge in [-0.25, -0.2) is 14.8 Å². The van der Waals surface area contributed by atoms with E-state index in [1.165, 1.54) is 18.2 Å². The molecule has 0 aliphatic heterocycles. The van der Waals surface area contributed by atoms with E-state index in [0.29, 0.717) is 0 Å². The van der Waals surface area contributed by atoms with Crippen LogP contribution in [-0.2, 0) is 9.59 Å². The molecule has 0 saturated carbocycles. The first kappa shape index (κ1) is 19.6. The van der Waals surface area contributed by atoms with Gasteiger partial charge in [0.05, 0.1) is 16.5 Å². The number of non-ortho nitro benzene ring substituents is 1. The highest BCUT2D eigenvalue weighted by molar-refractivity contribution is 7.79. The van der Waals surface area contributed by atoms with Gasteiger partial charge < -0.3 is 10.2 Å². The lowest BCUT2D eigenvalue weighted by Crippen LogP contribution is -2.21. The molecule has 0 amide bonds. The Kier molecular flexibility index (Phi) is 6.90. The summed E-state index contributed by atoms with van der Waals surface area (Å²) in [7, 11) is -3.85. The molecule has 0 spiro atoms. The van der Waals surface area contributed by atoms with Gasteiger partial charge in [0.2, 0.25) is 5.96 Å². The van der Waals surface area contributed by atoms with E-state index < -0.39 is 43.1 Å². The van der Waals surface area contributed by atoms with E-state index in [-0.39, 0.29) is 17.8 Å². The molecular formula is C13H16N2O8P+. The molecule has 1 aromatic rings. The first-order chi connectivity index (χ1) is 11.1. The lowest BCUT2D eigenvalue weighted by Gasteiger charge is -2.13. The van der Waals surface area contributed by atoms with Crippen molar-refractivity contribution in [1.82, 2.24) is 0 Å². The summed E-state index contributed by atoms with van der Waals surface area (Å²) in [6.45, 7) is 0. The van der Waals surface area contributed by atoms with Crippen LogP contribution in [-0.4, -0.2) is 49.0 Å². The molecule has 10 nitrogen and oxygen atoms in total. The van der Waals surface area contributed by atoms with Gasteiger partial charge in [0, 0.05) is 18.6 Å². The Morgan fingerprint density at radius 3 is 2.54 bits per heavy atom. The molecule has 0 aliphatic rings. The number of aliphatic imine (C=N–C) groups is 1. The Labute approximate surface area is 136 Å². The van der Waals surface area contributed by atoms with Gasteiger partial charge in [-0.2, -0.15) is 0 Å². The molecule has 0 saturated heterocycles. The highest BCUT2D eigenvalue weighted by Gasteiger charge is 2.38. The van der Waals surface area contributed by atoms with Crippen LogP contribution in [0.3, 0.4) is 0 Å². The van der Waals surface area contributed by atoms with Crippen LogP contribution in [0.15, 0.2) is 29.3 Å². The van der Waals surface area contributed by atoms with Crippen molar-refractivity contribution in [1.29, 1.82) is 0 Å². The van der Waals surface area contributed by atoms with Crippen molar-refractivity contribution in [2.45, 2.75) is 12.8 Å². The molecule has 1 atom stereocenters. The number of carboxylic acid groups (broad SMARTS) is 2. The summed E-state index contributed by atoms with van der Waals surface area (Å²) in [6.07, 6.45) is -1.23. The van der Waals surface area contributed by atoms with E-state index in [1.54, 1.807) is 0 Å². The van der Waals surface area contributed by atoms with Crippen molar-refractivity contribution >= 4 is 37.0 Å². The molecule has 130 valence electrons. The molecule has 1 unspecified atom stereocenters. The molecule has 0 fully saturated rings. The first-order valence-corrected chi connectivity index (χ1v) is 8.63. The standard InChI is InChI=1S/C13H15N2O8P/c16-12(17)5-4-9(13(18)19)7-24(22,23)8-14-10-2-1-3-11(6-10)15(20)21/h1-3,6,8-9,22-23H,4-5,7H2,(H-,16,17,18,19)/p+1. The second-order valence-electron chi connectivity index (χ2n) is 4.96. The zero-order chi connectivity index (χ0) is 18.3. The summed E-state index contributed by atoms with van der Waals surface area (Å²) in [4.78, 5) is 55.1. The maximum absolute atomic E-state index is 11.1. The minimum Gasteiger partial charge on any atom is -0.481 e. The fraction of sp³-hybridized carbons (Fsp3) is 0.308. The molecule has 24 heavy (non-hydrogen) atoms. The number of aliphatic carboxylic acids is 2. The Morgan fingerprint density at radius 1 is 1.33 bits per heavy atom. The van der Waals surface area contributed by atoms with Crippen LogP contribution < -0.4 is 0 Å². The number of nitrogens with zero attached hydrogens (tertiary/aromatic N) is 2. The van der Waals surface area contributed by atoms with Gasteiger partial charge in [-0.15, -0.1) is 0 Å². The molecule has 1 aromatic carbocycles. The quantitative estimate of drug-likeness (QED) is 0.223. The van der Waals surface area contributed by atoms with Crippen LogP contribution >= 0.6 is 7.72 Å². The number of carbonyl (C=O) groups is 2. The fourth-order valence-corrected chi connectivity index (χ4v) is 3.21. The Hall–Kier alpha value is -2.42. The van der Waals surface area contributed by atoms with Gasteiger partial charge in [-0.05, 0) is 12.5 Å². The molecule has 11 heteroatoms. The predicted octanol–water partition coefficient (Wildman–Crippen LogP) is 1.65. The Balaban J connectivity index is 2.82. The van der Waals surface area contributed by atoms with Crippen molar-refractivity contribution < 1.29 is 34.5 Å². The summed E-state index contributed by atoms with van der Waals surface area (Å²) in [5, 5.41) is 28.2. The highest BCUT2D eigenvalue weighted by atomic mass is 31.2. The van der Waals surface area contributed by atoms with Crippen LogP contribution in [0.1, 0.15) is 12.8 Å². The van der Waals surface area contributed by atoms with Crippen molar-refractivity contribution in [3.05, 3.63) is 34.4 Å². The van der Waals surface area contributed by atoms with Crippen molar-refractivity contribution in [2.75, 3.05) is 6.16 Å². The van der Waals surface area contributed by atoms with Crippen LogP contribution in [0, 0.1) is 16.0 Å². The molecule has 0 heterocycles. The number of nitro benzene ring substituents is 1. The molecule has 0 radical (unpaired) electrons. The highest BCUT2D eigenvalue weighted by Crippen LogP contribution is 2.49. The molecule has 0 bridgehead atoms. The number of hydrogen-bond donors (Lipinski definition) is 4. The third-order valence-corrected chi connectivity index (χ3v) is 4.44. The van der Waals surface area contributed by atoms with E-state index in [4.69, 9.17) is 10.2 Å². The number of rotatable bonds is 9. The van der Waals surface area contributed by atoms with Gasteiger partial charge in [0.1, 0.15) is 6.16 Å². The Morgan fingerprint density at radius 2 is 2.00 bits per heavy atom. The smallest absolute Gasteiger partial charge is 0.312 e. The normalized spacial score (nSPS) is 12.9. The van der Waals surface area contributed by atoms with Gasteiger partial charge >= 0.3 is 19.7 Å². The van der Waals surface area contributed by atoms with Gasteiger partial charge in [-0.1, -0.05) is 6.07 Å². The number of hydrogen-bond acceptors (Lipinski definition) is 7. The lowest BCUT2D eigenvalue weighted by molar-refractivity contribution is -0.384. The largest absolute Gasteiger partial charge is 0.481 e. The summed E-state index contributed by atoms with van der Waals surface area (Å²) in [6, 6.07) is 5.14. The summed E-state index contributed by atoms with van der Waals surface area (Å²) in [5.74, 6) is -3.01. The summed E-state index contributed by atoms with van der Waals surface area (Å²) in [5.41, 5.74) is -0.122. The zero-order valence-corrected chi connectivity index (χ0v) is 13.2. The summed E-state index contributed by atoms with van der Waals surface area (Å²) < 4.78 is 0. The molecule has 0 aliphatic carbocycles. The number of carboxylic acids is 2. The van der Waals surface area contributed by atoms with Crippen LogP contribution in [0.5, 0.6) is 0 Å². The second-order valence-corrected chi connectivity index (χ2v) is 7.13. The van der Waals surface area contributed by atoms with Crippen molar-refractivity contribution in [3.63, 3.8) is 0 Å². The predicted molar refractivity (Wildman–Crippen MR) is 85.5 cm³/mol. The molecular weight excluding hydrogens is 343 g/mol. The zero-order valence-electron chi connectivity index (χ0n) is 12.3. The monoisotopic (exact) mass is 359 g/mol. The van der Waals surface area contributed by atoms with E-state index >= 15 is 0 Å². The van der Waals surface area contributed by atoms with E-state index in [0.717, 1.165) is 12.0 Å². The second kappa shape index (κ2) is 8.44. The number of benzene rings is 1. The average Bonchev–Trinajstić information content (AvgIpc) is 2.49. The molecule has 4 N–H and O–H groups in total. The van der Waals surface area contributed by atoms with Crippen molar-refractivity contribution in [3.8, 4) is 0 Å². The molecule has 0 aromatic heterocycles. The van der Waals surface area contributed by atoms with Gasteiger partial charge in [0.15, 0.2) is 0 Å². The lowest BCUT2D eigenvalue weighted by atomic mass is 10.1. The van der Waals surface area contributed by atoms with Crippen LogP contribution in [0.25, 0.3) is 0 Å². The van der Waals surface area contributed by atoms with E-state index in [2.05, 4.69) is 4.99 Å². The number of nitro groups is 1. The topological polar surface area (TPSA) is 171 Å². The minimum atomic E-state index is -3.85. The third kappa shape index (κ3) is 6.78. The third-order valence-electron chi connectivity index (χ3n) is 2.98. The average molecular weight is 359 g/mol. The fourth-order valence-electron chi connectivity index (χ4n) is 1.81. The Bertz CT molecular complexity index is 661.